The Bertz CT molecular complexity index is 481. The topological polar surface area (TPSA) is 84.3 Å². The lowest BCUT2D eigenvalue weighted by molar-refractivity contribution is -0.0328. The molecular weight excluding hydrogens is 224 g/mol. The van der Waals surface area contributed by atoms with Crippen molar-refractivity contribution >= 4 is 0 Å². The fourth-order valence-corrected chi connectivity index (χ4v) is 2.23. The zero-order valence-electron chi connectivity index (χ0n) is 9.63. The lowest BCUT2D eigenvalue weighted by Crippen LogP contribution is -2.31. The fraction of sp³-hybridized carbons (Fsp3) is 0.636. The molecular formula is C11H16N2O4. The second kappa shape index (κ2) is 4.85. The number of rotatable bonds is 3. The van der Waals surface area contributed by atoms with Gasteiger partial charge in [-0.1, -0.05) is 13.3 Å². The Kier molecular flexibility index (Phi) is 3.44. The maximum Gasteiger partial charge on any atom is 0.330 e. The van der Waals surface area contributed by atoms with Crippen LogP contribution in [-0.4, -0.2) is 27.4 Å². The van der Waals surface area contributed by atoms with Crippen LogP contribution < -0.4 is 11.2 Å². The minimum absolute atomic E-state index is 0.0485. The number of aliphatic hydroxyl groups excluding tert-OH is 1. The molecule has 1 aromatic rings. The molecule has 0 spiro atoms. The second-order valence-electron chi connectivity index (χ2n) is 4.23. The summed E-state index contributed by atoms with van der Waals surface area (Å²) >= 11 is 0. The summed E-state index contributed by atoms with van der Waals surface area (Å²) in [5.41, 5.74) is -0.897. The summed E-state index contributed by atoms with van der Waals surface area (Å²) < 4.78 is 6.97. The number of aliphatic hydroxyl groups is 1. The monoisotopic (exact) mass is 240 g/mol. The summed E-state index contributed by atoms with van der Waals surface area (Å²) in [5, 5.41) is 9.18. The molecule has 0 amide bonds. The van der Waals surface area contributed by atoms with E-state index in [0.717, 1.165) is 6.42 Å². The molecule has 1 fully saturated rings. The van der Waals surface area contributed by atoms with E-state index in [2.05, 4.69) is 4.98 Å². The van der Waals surface area contributed by atoms with Gasteiger partial charge in [0.25, 0.3) is 5.56 Å². The Morgan fingerprint density at radius 3 is 2.88 bits per heavy atom. The molecule has 0 radical (unpaired) electrons. The van der Waals surface area contributed by atoms with Crippen LogP contribution in [0.2, 0.25) is 0 Å². The molecule has 94 valence electrons. The van der Waals surface area contributed by atoms with Gasteiger partial charge in [0, 0.05) is 12.3 Å². The highest BCUT2D eigenvalue weighted by Gasteiger charge is 2.34. The average Bonchev–Trinajstić information content (AvgIpc) is 2.72. The molecule has 1 aliphatic heterocycles. The molecule has 2 N–H and O–H groups in total. The first kappa shape index (κ1) is 12.1. The highest BCUT2D eigenvalue weighted by Crippen LogP contribution is 2.34. The largest absolute Gasteiger partial charge is 0.394 e. The number of nitrogens with zero attached hydrogens (tertiary/aromatic N) is 1. The molecule has 3 atom stereocenters. The van der Waals surface area contributed by atoms with Crippen molar-refractivity contribution in [1.82, 2.24) is 9.55 Å². The average molecular weight is 240 g/mol. The molecule has 2 rings (SSSR count). The Morgan fingerprint density at radius 2 is 2.35 bits per heavy atom. The van der Waals surface area contributed by atoms with Gasteiger partial charge in [-0.25, -0.2) is 4.79 Å². The normalized spacial score (nSPS) is 28.5. The summed E-state index contributed by atoms with van der Waals surface area (Å²) in [4.78, 5) is 24.7. The van der Waals surface area contributed by atoms with Gasteiger partial charge in [-0.15, -0.1) is 0 Å². The van der Waals surface area contributed by atoms with Gasteiger partial charge in [0.2, 0.25) is 0 Å². The van der Waals surface area contributed by atoms with E-state index in [1.165, 1.54) is 16.8 Å². The third kappa shape index (κ3) is 2.32. The zero-order chi connectivity index (χ0) is 12.4. The predicted octanol–water partition coefficient (Wildman–Crippen LogP) is -0.157. The molecule has 2 heterocycles. The summed E-state index contributed by atoms with van der Waals surface area (Å²) in [7, 11) is 0. The Hall–Kier alpha value is -1.40. The van der Waals surface area contributed by atoms with E-state index in [1.54, 1.807) is 0 Å². The summed E-state index contributed by atoms with van der Waals surface area (Å²) in [6.07, 6.45) is 2.36. The molecule has 1 aromatic heterocycles. The second-order valence-corrected chi connectivity index (χ2v) is 4.23. The fourth-order valence-electron chi connectivity index (χ4n) is 2.23. The molecule has 0 unspecified atom stereocenters. The summed E-state index contributed by atoms with van der Waals surface area (Å²) in [6.45, 7) is 1.97. The van der Waals surface area contributed by atoms with Crippen LogP contribution in [0, 0.1) is 5.92 Å². The molecule has 17 heavy (non-hydrogen) atoms. The lowest BCUT2D eigenvalue weighted by Gasteiger charge is -2.14. The zero-order valence-corrected chi connectivity index (χ0v) is 9.63. The van der Waals surface area contributed by atoms with Crippen LogP contribution in [0.25, 0.3) is 0 Å². The first-order valence-electron chi connectivity index (χ1n) is 5.73. The first-order chi connectivity index (χ1) is 8.15. The maximum absolute atomic E-state index is 11.6. The van der Waals surface area contributed by atoms with Crippen molar-refractivity contribution in [3.8, 4) is 0 Å². The van der Waals surface area contributed by atoms with Gasteiger partial charge in [-0.2, -0.15) is 0 Å². The third-order valence-corrected chi connectivity index (χ3v) is 3.23. The highest BCUT2D eigenvalue weighted by atomic mass is 16.5. The quantitative estimate of drug-likeness (QED) is 0.769. The van der Waals surface area contributed by atoms with Crippen molar-refractivity contribution in [2.75, 3.05) is 6.61 Å². The van der Waals surface area contributed by atoms with E-state index in [4.69, 9.17) is 4.74 Å². The number of ether oxygens (including phenoxy) is 1. The van der Waals surface area contributed by atoms with Crippen molar-refractivity contribution in [2.45, 2.75) is 32.1 Å². The van der Waals surface area contributed by atoms with Crippen LogP contribution >= 0.6 is 0 Å². The maximum atomic E-state index is 11.6. The Balaban J connectivity index is 2.25. The molecule has 6 nitrogen and oxygen atoms in total. The van der Waals surface area contributed by atoms with Crippen LogP contribution in [0.5, 0.6) is 0 Å². The number of aromatic amines is 1. The van der Waals surface area contributed by atoms with Crippen LogP contribution in [0.15, 0.2) is 21.9 Å². The number of aromatic nitrogens is 2. The molecule has 0 aromatic carbocycles. The van der Waals surface area contributed by atoms with Gasteiger partial charge < -0.3 is 9.84 Å². The smallest absolute Gasteiger partial charge is 0.330 e. The third-order valence-electron chi connectivity index (χ3n) is 3.23. The number of hydrogen-bond acceptors (Lipinski definition) is 4. The van der Waals surface area contributed by atoms with E-state index < -0.39 is 17.5 Å². The summed E-state index contributed by atoms with van der Waals surface area (Å²) in [5.74, 6) is 0.240. The number of H-pyrrole nitrogens is 1. The van der Waals surface area contributed by atoms with Crippen molar-refractivity contribution < 1.29 is 9.84 Å². The van der Waals surface area contributed by atoms with Crippen LogP contribution in [0.4, 0.5) is 0 Å². The van der Waals surface area contributed by atoms with Crippen molar-refractivity contribution in [1.29, 1.82) is 0 Å². The van der Waals surface area contributed by atoms with Crippen molar-refractivity contribution in [2.24, 2.45) is 5.92 Å². The minimum Gasteiger partial charge on any atom is -0.394 e. The van der Waals surface area contributed by atoms with E-state index >= 15 is 0 Å². The van der Waals surface area contributed by atoms with Crippen molar-refractivity contribution in [3.05, 3.63) is 33.1 Å². The minimum atomic E-state index is -0.476. The van der Waals surface area contributed by atoms with E-state index in [9.17, 15) is 14.7 Å². The Morgan fingerprint density at radius 1 is 1.59 bits per heavy atom. The van der Waals surface area contributed by atoms with Crippen LogP contribution in [-0.2, 0) is 4.74 Å². The molecule has 1 aliphatic rings. The van der Waals surface area contributed by atoms with Gasteiger partial charge in [0.15, 0.2) is 0 Å². The van der Waals surface area contributed by atoms with E-state index in [1.807, 2.05) is 6.92 Å². The van der Waals surface area contributed by atoms with Gasteiger partial charge in [-0.3, -0.25) is 14.3 Å². The van der Waals surface area contributed by atoms with Crippen molar-refractivity contribution in [3.63, 3.8) is 0 Å². The van der Waals surface area contributed by atoms with Gasteiger partial charge >= 0.3 is 5.69 Å². The molecule has 0 aliphatic carbocycles. The molecule has 6 heteroatoms. The van der Waals surface area contributed by atoms with Crippen LogP contribution in [0.3, 0.4) is 0 Å². The van der Waals surface area contributed by atoms with Crippen LogP contribution in [0.1, 0.15) is 26.0 Å². The molecule has 1 saturated heterocycles. The van der Waals surface area contributed by atoms with E-state index in [0.29, 0.717) is 6.42 Å². The standard InChI is InChI=1S/C11H16N2O4/c1-2-7-5-10(17-8(7)6-14)13-4-3-9(15)12-11(13)16/h3-4,7-8,10,14H,2,5-6H2,1H3,(H,12,15,16)/t7-,8+,10+/m0/s1. The molecule has 0 saturated carbocycles. The Labute approximate surface area is 97.9 Å². The predicted molar refractivity (Wildman–Crippen MR) is 60.7 cm³/mol. The SMILES string of the molecule is CC[C@H]1C[C@H](n2ccc(=O)[nH]c2=O)O[C@@H]1CO. The van der Waals surface area contributed by atoms with Gasteiger partial charge in [0.1, 0.15) is 6.23 Å². The highest BCUT2D eigenvalue weighted by molar-refractivity contribution is 4.87. The number of hydrogen-bond donors (Lipinski definition) is 2. The lowest BCUT2D eigenvalue weighted by atomic mass is 9.98. The number of nitrogens with one attached hydrogen (secondary N) is 1. The van der Waals surface area contributed by atoms with Gasteiger partial charge in [-0.05, 0) is 12.3 Å². The van der Waals surface area contributed by atoms with E-state index in [-0.39, 0.29) is 18.6 Å². The molecule has 0 bridgehead atoms. The first-order valence-corrected chi connectivity index (χ1v) is 5.73. The van der Waals surface area contributed by atoms with Gasteiger partial charge in [0.05, 0.1) is 12.7 Å². The summed E-state index contributed by atoms with van der Waals surface area (Å²) in [6, 6.07) is 1.29.